The highest BCUT2D eigenvalue weighted by Crippen LogP contribution is 2.24. The van der Waals surface area contributed by atoms with Gasteiger partial charge in [-0.05, 0) is 74.7 Å². The first-order valence-corrected chi connectivity index (χ1v) is 10.8. The quantitative estimate of drug-likeness (QED) is 0.610. The van der Waals surface area contributed by atoms with Gasteiger partial charge in [-0.2, -0.15) is 0 Å². The highest BCUT2D eigenvalue weighted by Gasteiger charge is 2.29. The largest absolute Gasteiger partial charge is 0.497 e. The summed E-state index contributed by atoms with van der Waals surface area (Å²) in [5.41, 5.74) is 2.00. The van der Waals surface area contributed by atoms with E-state index in [1.807, 2.05) is 41.3 Å². The summed E-state index contributed by atoms with van der Waals surface area (Å²) in [5, 5.41) is 1.27. The van der Waals surface area contributed by atoms with Crippen LogP contribution in [-0.2, 0) is 17.6 Å². The van der Waals surface area contributed by atoms with E-state index in [1.54, 1.807) is 13.2 Å². The van der Waals surface area contributed by atoms with Crippen LogP contribution < -0.4 is 4.74 Å². The Hall–Kier alpha value is -1.75. The molecular weight excluding hydrogens is 407 g/mol. The monoisotopic (exact) mass is 434 g/mol. The van der Waals surface area contributed by atoms with E-state index in [0.717, 1.165) is 36.3 Å². The average molecular weight is 435 g/mol. The van der Waals surface area contributed by atoms with E-state index in [-0.39, 0.29) is 12.1 Å². The predicted molar refractivity (Wildman–Crippen MR) is 119 cm³/mol. The number of ether oxygens (including phenoxy) is 1. The molecule has 0 aliphatic carbocycles. The van der Waals surface area contributed by atoms with E-state index in [2.05, 4.69) is 11.9 Å². The van der Waals surface area contributed by atoms with Crippen LogP contribution in [0.5, 0.6) is 5.75 Å². The molecule has 0 radical (unpaired) electrons. The number of hydrogen-bond acceptors (Lipinski definition) is 3. The fourth-order valence-electron chi connectivity index (χ4n) is 3.88. The van der Waals surface area contributed by atoms with Crippen molar-refractivity contribution in [2.45, 2.75) is 38.3 Å². The van der Waals surface area contributed by atoms with Gasteiger partial charge in [-0.3, -0.25) is 9.69 Å². The topological polar surface area (TPSA) is 32.8 Å². The van der Waals surface area contributed by atoms with Gasteiger partial charge in [0.1, 0.15) is 5.75 Å². The normalized spacial score (nSPS) is 17.2. The molecule has 0 spiro atoms. The Morgan fingerprint density at radius 3 is 2.59 bits per heavy atom. The molecule has 1 fully saturated rings. The maximum Gasteiger partial charge on any atom is 0.228 e. The molecular formula is C23H28Cl2N2O2. The third kappa shape index (κ3) is 5.88. The van der Waals surface area contributed by atoms with Gasteiger partial charge in [0.15, 0.2) is 0 Å². The van der Waals surface area contributed by atoms with E-state index in [9.17, 15) is 4.79 Å². The molecule has 0 saturated carbocycles. The Morgan fingerprint density at radius 2 is 1.93 bits per heavy atom. The standard InChI is InChI=1S/C23H28Cl2N2O2/c1-26-13-4-3-5-22(26)27(14-12-18-8-9-19(24)16-21(18)25)23(28)15-17-6-10-20(29-2)11-7-17/h6-11,16,22H,3-5,12-15H2,1-2H3. The molecule has 1 atom stereocenters. The van der Waals surface area contributed by atoms with Crippen molar-refractivity contribution in [2.24, 2.45) is 0 Å². The minimum absolute atomic E-state index is 0.126. The first-order valence-electron chi connectivity index (χ1n) is 10.0. The van der Waals surface area contributed by atoms with Gasteiger partial charge < -0.3 is 9.64 Å². The van der Waals surface area contributed by atoms with Gasteiger partial charge in [0.25, 0.3) is 0 Å². The van der Waals surface area contributed by atoms with E-state index in [4.69, 9.17) is 27.9 Å². The number of likely N-dealkylation sites (tertiary alicyclic amines) is 1. The van der Waals surface area contributed by atoms with Gasteiger partial charge in [0.2, 0.25) is 5.91 Å². The number of hydrogen-bond donors (Lipinski definition) is 0. The highest BCUT2D eigenvalue weighted by molar-refractivity contribution is 6.35. The number of piperidine rings is 1. The summed E-state index contributed by atoms with van der Waals surface area (Å²) in [6, 6.07) is 13.3. The molecule has 1 heterocycles. The zero-order valence-corrected chi connectivity index (χ0v) is 18.5. The molecule has 1 aliphatic rings. The van der Waals surface area contributed by atoms with Crippen molar-refractivity contribution >= 4 is 29.1 Å². The van der Waals surface area contributed by atoms with Crippen LogP contribution in [0, 0.1) is 0 Å². The maximum absolute atomic E-state index is 13.3. The third-order valence-corrected chi connectivity index (χ3v) is 6.15. The van der Waals surface area contributed by atoms with Crippen LogP contribution in [-0.4, -0.2) is 49.1 Å². The molecule has 3 rings (SSSR count). The molecule has 6 heteroatoms. The number of methoxy groups -OCH3 is 1. The summed E-state index contributed by atoms with van der Waals surface area (Å²) in [7, 11) is 3.75. The Morgan fingerprint density at radius 1 is 1.17 bits per heavy atom. The number of benzene rings is 2. The molecule has 1 unspecified atom stereocenters. The Balaban J connectivity index is 1.75. The van der Waals surface area contributed by atoms with E-state index >= 15 is 0 Å². The zero-order valence-electron chi connectivity index (χ0n) is 17.0. The lowest BCUT2D eigenvalue weighted by Crippen LogP contribution is -2.52. The van der Waals surface area contributed by atoms with Crippen LogP contribution >= 0.6 is 23.2 Å². The van der Waals surface area contributed by atoms with Crippen LogP contribution in [0.2, 0.25) is 10.0 Å². The van der Waals surface area contributed by atoms with E-state index in [0.29, 0.717) is 29.4 Å². The van der Waals surface area contributed by atoms with Crippen molar-refractivity contribution in [3.8, 4) is 5.75 Å². The molecule has 2 aromatic rings. The van der Waals surface area contributed by atoms with Gasteiger partial charge in [-0.15, -0.1) is 0 Å². The lowest BCUT2D eigenvalue weighted by atomic mass is 10.0. The van der Waals surface area contributed by atoms with Gasteiger partial charge in [0, 0.05) is 16.6 Å². The molecule has 1 aliphatic heterocycles. The van der Waals surface area contributed by atoms with Crippen molar-refractivity contribution in [1.82, 2.24) is 9.80 Å². The number of rotatable bonds is 7. The molecule has 0 N–H and O–H groups in total. The molecule has 156 valence electrons. The summed E-state index contributed by atoms with van der Waals surface area (Å²) in [4.78, 5) is 17.6. The summed E-state index contributed by atoms with van der Waals surface area (Å²) in [6.07, 6.45) is 4.52. The second kappa shape index (κ2) is 10.3. The average Bonchev–Trinajstić information content (AvgIpc) is 2.71. The lowest BCUT2D eigenvalue weighted by Gasteiger charge is -2.41. The van der Waals surface area contributed by atoms with E-state index < -0.39 is 0 Å². The maximum atomic E-state index is 13.3. The van der Waals surface area contributed by atoms with Crippen molar-refractivity contribution < 1.29 is 9.53 Å². The molecule has 0 aromatic heterocycles. The van der Waals surface area contributed by atoms with Crippen molar-refractivity contribution in [3.63, 3.8) is 0 Å². The Labute approximate surface area is 183 Å². The number of carbonyl (C=O) groups is 1. The number of carbonyl (C=O) groups excluding carboxylic acids is 1. The van der Waals surface area contributed by atoms with Crippen LogP contribution in [0.1, 0.15) is 30.4 Å². The first kappa shape index (κ1) is 21.9. The van der Waals surface area contributed by atoms with Crippen LogP contribution in [0.25, 0.3) is 0 Å². The third-order valence-electron chi connectivity index (χ3n) is 5.56. The van der Waals surface area contributed by atoms with Crippen LogP contribution in [0.4, 0.5) is 0 Å². The summed E-state index contributed by atoms with van der Waals surface area (Å²) in [6.45, 7) is 1.64. The van der Waals surface area contributed by atoms with Gasteiger partial charge >= 0.3 is 0 Å². The number of amides is 1. The molecule has 4 nitrogen and oxygen atoms in total. The number of nitrogens with zero attached hydrogens (tertiary/aromatic N) is 2. The van der Waals surface area contributed by atoms with Crippen molar-refractivity contribution in [2.75, 3.05) is 27.2 Å². The lowest BCUT2D eigenvalue weighted by molar-refractivity contribution is -0.137. The fraction of sp³-hybridized carbons (Fsp3) is 0.435. The van der Waals surface area contributed by atoms with Crippen LogP contribution in [0.3, 0.4) is 0 Å². The van der Waals surface area contributed by atoms with E-state index in [1.165, 1.54) is 6.42 Å². The molecule has 0 bridgehead atoms. The van der Waals surface area contributed by atoms with Crippen molar-refractivity contribution in [3.05, 3.63) is 63.6 Å². The minimum atomic E-state index is 0.126. The molecule has 1 amide bonds. The SMILES string of the molecule is COc1ccc(CC(=O)N(CCc2ccc(Cl)cc2Cl)C2CCCCN2C)cc1. The Bertz CT molecular complexity index is 826. The summed E-state index contributed by atoms with van der Waals surface area (Å²) >= 11 is 12.4. The zero-order chi connectivity index (χ0) is 20.8. The molecule has 1 saturated heterocycles. The minimum Gasteiger partial charge on any atom is -0.497 e. The van der Waals surface area contributed by atoms with Gasteiger partial charge in [-0.25, -0.2) is 0 Å². The predicted octanol–water partition coefficient (Wildman–Crippen LogP) is 5.06. The molecule has 29 heavy (non-hydrogen) atoms. The molecule has 2 aromatic carbocycles. The van der Waals surface area contributed by atoms with Crippen LogP contribution in [0.15, 0.2) is 42.5 Å². The van der Waals surface area contributed by atoms with Gasteiger partial charge in [0.05, 0.1) is 19.7 Å². The second-order valence-corrected chi connectivity index (χ2v) is 8.40. The fourth-order valence-corrected chi connectivity index (χ4v) is 4.38. The smallest absolute Gasteiger partial charge is 0.228 e. The highest BCUT2D eigenvalue weighted by atomic mass is 35.5. The first-order chi connectivity index (χ1) is 14.0. The summed E-state index contributed by atoms with van der Waals surface area (Å²) in [5.74, 6) is 0.932. The second-order valence-electron chi connectivity index (χ2n) is 7.55. The van der Waals surface area contributed by atoms with Crippen molar-refractivity contribution in [1.29, 1.82) is 0 Å². The Kier molecular flexibility index (Phi) is 7.82. The summed E-state index contributed by atoms with van der Waals surface area (Å²) < 4.78 is 5.21. The number of halogens is 2. The van der Waals surface area contributed by atoms with Gasteiger partial charge in [-0.1, -0.05) is 41.4 Å².